The summed E-state index contributed by atoms with van der Waals surface area (Å²) >= 11 is 0. The number of likely N-dealkylation sites (N-methyl/N-ethyl adjacent to an activating group) is 1. The molecule has 1 amide bonds. The van der Waals surface area contributed by atoms with E-state index in [9.17, 15) is 10.1 Å². The first-order valence-corrected chi connectivity index (χ1v) is 17.9. The van der Waals surface area contributed by atoms with Crippen molar-refractivity contribution >= 4 is 42.6 Å². The summed E-state index contributed by atoms with van der Waals surface area (Å²) in [7, 11) is 3.02. The molecule has 0 fully saturated rings. The first-order valence-electron chi connectivity index (χ1n) is 15.0. The lowest BCUT2D eigenvalue weighted by Gasteiger charge is -2.39. The quantitative estimate of drug-likeness (QED) is 0.218. The van der Waals surface area contributed by atoms with Crippen molar-refractivity contribution in [1.29, 1.82) is 5.26 Å². The molecule has 5 rings (SSSR count). The van der Waals surface area contributed by atoms with Gasteiger partial charge in [0.05, 0.1) is 24.1 Å². The highest BCUT2D eigenvalue weighted by atomic mass is 28.4. The van der Waals surface area contributed by atoms with Crippen molar-refractivity contribution in [3.8, 4) is 23.2 Å². The van der Waals surface area contributed by atoms with Crippen LogP contribution in [0.5, 0.6) is 5.88 Å². The average Bonchev–Trinajstić information content (AvgIpc) is 3.54. The number of ether oxygens (including phenoxy) is 1. The molecular weight excluding hydrogens is 585 g/mol. The van der Waals surface area contributed by atoms with E-state index >= 15 is 0 Å². The van der Waals surface area contributed by atoms with Crippen LogP contribution >= 0.6 is 0 Å². The third-order valence-corrected chi connectivity index (χ3v) is 13.5. The molecule has 12 heteroatoms. The third kappa shape index (κ3) is 6.23. The van der Waals surface area contributed by atoms with Gasteiger partial charge in [-0.1, -0.05) is 27.7 Å². The Labute approximate surface area is 265 Å². The molecule has 11 nitrogen and oxygen atoms in total. The number of pyridine rings is 1. The Kier molecular flexibility index (Phi) is 8.37. The summed E-state index contributed by atoms with van der Waals surface area (Å²) in [4.78, 5) is 27.8. The standard InChI is InChI=1S/C33H42N8O3Si/c1-32(2,3)45(8,9)44-20-33(4)19-36-28-23(17-34)14-22(15-24(28)33)25-10-12-35-31(37-25)38-26-16-21-11-13-41(18-27(42)40(5)6)29(21)39-30(26)43-7/h10-16,36H,18-20H2,1-9H3,(H,35,37,38)/t33-/m1/s1. The Morgan fingerprint density at radius 1 is 1.22 bits per heavy atom. The van der Waals surface area contributed by atoms with Crippen molar-refractivity contribution in [2.75, 3.05) is 45.0 Å². The van der Waals surface area contributed by atoms with Crippen LogP contribution in [-0.2, 0) is 21.2 Å². The second kappa shape index (κ2) is 11.8. The van der Waals surface area contributed by atoms with Gasteiger partial charge in [-0.05, 0) is 54.0 Å². The fourth-order valence-corrected chi connectivity index (χ4v) is 6.18. The smallest absolute Gasteiger partial charge is 0.242 e. The maximum absolute atomic E-state index is 12.3. The zero-order chi connectivity index (χ0) is 32.7. The highest BCUT2D eigenvalue weighted by Crippen LogP contribution is 2.44. The van der Waals surface area contributed by atoms with Crippen LogP contribution < -0.4 is 15.4 Å². The summed E-state index contributed by atoms with van der Waals surface area (Å²) in [6.45, 7) is 14.9. The molecule has 0 saturated carbocycles. The number of nitrogens with zero attached hydrogens (tertiary/aromatic N) is 6. The van der Waals surface area contributed by atoms with E-state index in [1.54, 1.807) is 36.9 Å². The molecule has 0 radical (unpaired) electrons. The molecule has 0 bridgehead atoms. The monoisotopic (exact) mass is 626 g/mol. The normalized spacial score (nSPS) is 16.2. The molecule has 0 spiro atoms. The summed E-state index contributed by atoms with van der Waals surface area (Å²) < 4.78 is 14.1. The number of anilines is 3. The average molecular weight is 627 g/mol. The minimum absolute atomic E-state index is 0.0361. The molecule has 2 N–H and O–H groups in total. The van der Waals surface area contributed by atoms with Crippen LogP contribution in [0.4, 0.5) is 17.3 Å². The first-order chi connectivity index (χ1) is 21.2. The Morgan fingerprint density at radius 3 is 2.64 bits per heavy atom. The number of aromatic nitrogens is 4. The number of amides is 1. The number of rotatable bonds is 9. The Hall–Kier alpha value is -4.47. The van der Waals surface area contributed by atoms with Gasteiger partial charge in [0.25, 0.3) is 0 Å². The van der Waals surface area contributed by atoms with Crippen molar-refractivity contribution in [3.63, 3.8) is 0 Å². The molecule has 0 aliphatic carbocycles. The van der Waals surface area contributed by atoms with E-state index < -0.39 is 8.32 Å². The molecule has 1 aliphatic rings. The van der Waals surface area contributed by atoms with E-state index in [0.29, 0.717) is 47.6 Å². The van der Waals surface area contributed by atoms with Crippen LogP contribution in [0.15, 0.2) is 42.7 Å². The topological polar surface area (TPSA) is 130 Å². The molecule has 236 valence electrons. The lowest BCUT2D eigenvalue weighted by Crippen LogP contribution is -2.45. The number of nitrogens with one attached hydrogen (secondary N) is 2. The van der Waals surface area contributed by atoms with Crippen LogP contribution in [0.3, 0.4) is 0 Å². The van der Waals surface area contributed by atoms with Crippen LogP contribution in [0.2, 0.25) is 18.1 Å². The summed E-state index contributed by atoms with van der Waals surface area (Å²) in [6.07, 6.45) is 3.52. The van der Waals surface area contributed by atoms with Crippen molar-refractivity contribution in [3.05, 3.63) is 53.9 Å². The van der Waals surface area contributed by atoms with Gasteiger partial charge in [0.15, 0.2) is 8.32 Å². The van der Waals surface area contributed by atoms with Gasteiger partial charge >= 0.3 is 0 Å². The number of fused-ring (bicyclic) bond motifs is 2. The number of hydrogen-bond donors (Lipinski definition) is 2. The van der Waals surface area contributed by atoms with Gasteiger partial charge in [-0.25, -0.2) is 9.97 Å². The lowest BCUT2D eigenvalue weighted by atomic mass is 9.83. The molecule has 1 aliphatic heterocycles. The largest absolute Gasteiger partial charge is 0.479 e. The number of methoxy groups -OCH3 is 1. The number of carbonyl (C=O) groups is 1. The molecule has 3 aromatic heterocycles. The van der Waals surface area contributed by atoms with E-state index in [-0.39, 0.29) is 22.9 Å². The minimum atomic E-state index is -1.98. The fraction of sp³-hybridized carbons (Fsp3) is 0.424. The Balaban J connectivity index is 1.45. The van der Waals surface area contributed by atoms with Gasteiger partial charge in [0.1, 0.15) is 23.9 Å². The second-order valence-electron chi connectivity index (χ2n) is 13.6. The van der Waals surface area contributed by atoms with Crippen molar-refractivity contribution in [2.24, 2.45) is 0 Å². The number of carbonyl (C=O) groups excluding carboxylic acids is 1. The molecule has 0 unspecified atom stereocenters. The van der Waals surface area contributed by atoms with Gasteiger partial charge in [-0.15, -0.1) is 0 Å². The van der Waals surface area contributed by atoms with Crippen molar-refractivity contribution in [2.45, 2.75) is 57.8 Å². The van der Waals surface area contributed by atoms with E-state index in [2.05, 4.69) is 73.5 Å². The van der Waals surface area contributed by atoms with Crippen LogP contribution in [-0.4, -0.2) is 73.0 Å². The minimum Gasteiger partial charge on any atom is -0.479 e. The zero-order valence-electron chi connectivity index (χ0n) is 27.6. The van der Waals surface area contributed by atoms with Gasteiger partial charge in [0.2, 0.25) is 17.7 Å². The summed E-state index contributed by atoms with van der Waals surface area (Å²) in [5.41, 5.74) is 4.90. The molecular formula is C33H42N8O3Si. The predicted molar refractivity (Wildman–Crippen MR) is 179 cm³/mol. The number of nitriles is 1. The third-order valence-electron chi connectivity index (χ3n) is 9.02. The molecule has 4 aromatic rings. The molecule has 45 heavy (non-hydrogen) atoms. The van der Waals surface area contributed by atoms with E-state index in [4.69, 9.17) is 14.1 Å². The second-order valence-corrected chi connectivity index (χ2v) is 18.4. The SMILES string of the molecule is COc1nc2c(ccn2CC(=O)N(C)C)cc1Nc1nccc(-c2cc(C#N)c3c(c2)[C@@](C)(CO[Si](C)(C)C(C)(C)C)CN3)n1. The van der Waals surface area contributed by atoms with E-state index in [1.165, 1.54) is 0 Å². The number of hydrogen-bond acceptors (Lipinski definition) is 9. The van der Waals surface area contributed by atoms with Crippen LogP contribution in [0, 0.1) is 11.3 Å². The van der Waals surface area contributed by atoms with Gasteiger partial charge in [-0.2, -0.15) is 10.2 Å². The van der Waals surface area contributed by atoms with Crippen LogP contribution in [0.1, 0.15) is 38.8 Å². The van der Waals surface area contributed by atoms with E-state index in [1.807, 2.05) is 30.5 Å². The summed E-state index contributed by atoms with van der Waals surface area (Å²) in [5.74, 6) is 0.669. The van der Waals surface area contributed by atoms with Crippen LogP contribution in [0.25, 0.3) is 22.3 Å². The maximum atomic E-state index is 12.3. The highest BCUT2D eigenvalue weighted by Gasteiger charge is 2.42. The lowest BCUT2D eigenvalue weighted by molar-refractivity contribution is -0.129. The fourth-order valence-electron chi connectivity index (χ4n) is 5.06. The van der Waals surface area contributed by atoms with Gasteiger partial charge < -0.3 is 29.3 Å². The van der Waals surface area contributed by atoms with Gasteiger partial charge in [-0.3, -0.25) is 4.79 Å². The Morgan fingerprint density at radius 2 is 1.98 bits per heavy atom. The van der Waals surface area contributed by atoms with Crippen molar-refractivity contribution in [1.82, 2.24) is 24.4 Å². The zero-order valence-corrected chi connectivity index (χ0v) is 28.6. The van der Waals surface area contributed by atoms with Crippen molar-refractivity contribution < 1.29 is 14.0 Å². The maximum Gasteiger partial charge on any atom is 0.242 e. The highest BCUT2D eigenvalue weighted by molar-refractivity contribution is 6.74. The number of benzene rings is 1. The molecule has 4 heterocycles. The van der Waals surface area contributed by atoms with E-state index in [0.717, 1.165) is 22.2 Å². The van der Waals surface area contributed by atoms with Gasteiger partial charge in [0, 0.05) is 56.0 Å². The summed E-state index contributed by atoms with van der Waals surface area (Å²) in [5, 5.41) is 17.7. The first kappa shape index (κ1) is 31.9. The molecule has 1 atom stereocenters. The predicted octanol–water partition coefficient (Wildman–Crippen LogP) is 5.91. The summed E-state index contributed by atoms with van der Waals surface area (Å²) in [6, 6.07) is 12.0. The Bertz CT molecular complexity index is 1800. The molecule has 1 aromatic carbocycles. The molecule has 0 saturated heterocycles.